The van der Waals surface area contributed by atoms with Gasteiger partial charge < -0.3 is 14.7 Å². The van der Waals surface area contributed by atoms with Crippen molar-refractivity contribution in [1.29, 1.82) is 0 Å². The van der Waals surface area contributed by atoms with Crippen molar-refractivity contribution in [3.05, 3.63) is 42.5 Å². The number of carbonyl (C=O) groups excluding carboxylic acids is 1. The average Bonchev–Trinajstić information content (AvgIpc) is 3.08. The van der Waals surface area contributed by atoms with E-state index in [1.165, 1.54) is 0 Å². The fourth-order valence-corrected chi connectivity index (χ4v) is 3.61. The molecule has 0 aromatic heterocycles. The van der Waals surface area contributed by atoms with E-state index in [-0.39, 0.29) is 5.91 Å². The molecule has 102 valence electrons. The first-order valence-electron chi connectivity index (χ1n) is 6.59. The van der Waals surface area contributed by atoms with E-state index in [4.69, 9.17) is 4.74 Å². The van der Waals surface area contributed by atoms with E-state index in [9.17, 15) is 14.7 Å². The summed E-state index contributed by atoms with van der Waals surface area (Å²) in [7, 11) is 0. The lowest BCUT2D eigenvalue weighted by molar-refractivity contribution is -0.146. The zero-order chi connectivity index (χ0) is 13.9. The van der Waals surface area contributed by atoms with Crippen LogP contribution in [-0.4, -0.2) is 35.2 Å². The van der Waals surface area contributed by atoms with Gasteiger partial charge in [0.05, 0.1) is 18.6 Å². The molecule has 20 heavy (non-hydrogen) atoms. The van der Waals surface area contributed by atoms with Crippen LogP contribution in [0.3, 0.4) is 0 Å². The molecule has 1 aromatic rings. The number of hydrogen-bond acceptors (Lipinski definition) is 3. The van der Waals surface area contributed by atoms with Crippen LogP contribution < -0.4 is 4.90 Å². The van der Waals surface area contributed by atoms with Crippen LogP contribution >= 0.6 is 0 Å². The highest BCUT2D eigenvalue weighted by atomic mass is 16.5. The summed E-state index contributed by atoms with van der Waals surface area (Å²) in [5.41, 5.74) is 0.0200. The SMILES string of the molecule is O=C(O)[C@@H]1[C@H]2C=C[C@@]3(CN(c4ccccc4)C(=O)[C@@H]13)O2. The number of para-hydroxylation sites is 1. The first-order valence-corrected chi connectivity index (χ1v) is 6.59. The summed E-state index contributed by atoms with van der Waals surface area (Å²) in [5.74, 6) is -2.51. The van der Waals surface area contributed by atoms with Gasteiger partial charge in [0.1, 0.15) is 11.5 Å². The van der Waals surface area contributed by atoms with Gasteiger partial charge in [-0.1, -0.05) is 30.4 Å². The summed E-state index contributed by atoms with van der Waals surface area (Å²) in [4.78, 5) is 25.7. The highest BCUT2D eigenvalue weighted by Gasteiger charge is 2.67. The number of carbonyl (C=O) groups is 2. The number of fused-ring (bicyclic) bond motifs is 1. The minimum absolute atomic E-state index is 0.157. The van der Waals surface area contributed by atoms with Crippen molar-refractivity contribution in [3.8, 4) is 0 Å². The highest BCUT2D eigenvalue weighted by Crippen LogP contribution is 2.52. The molecular weight excluding hydrogens is 258 g/mol. The van der Waals surface area contributed by atoms with Crippen molar-refractivity contribution in [3.63, 3.8) is 0 Å². The van der Waals surface area contributed by atoms with E-state index in [1.54, 1.807) is 11.0 Å². The molecule has 3 heterocycles. The summed E-state index contributed by atoms with van der Waals surface area (Å²) in [6, 6.07) is 9.29. The van der Waals surface area contributed by atoms with Gasteiger partial charge in [-0.15, -0.1) is 0 Å². The molecule has 0 aliphatic carbocycles. The van der Waals surface area contributed by atoms with E-state index in [0.717, 1.165) is 5.69 Å². The molecule has 1 aromatic carbocycles. The third-order valence-electron chi connectivity index (χ3n) is 4.45. The number of ether oxygens (including phenoxy) is 1. The maximum atomic E-state index is 12.6. The number of nitrogens with zero attached hydrogens (tertiary/aromatic N) is 1. The average molecular weight is 271 g/mol. The Bertz CT molecular complexity index is 626. The third kappa shape index (κ3) is 1.30. The fourth-order valence-electron chi connectivity index (χ4n) is 3.61. The molecule has 3 aliphatic rings. The van der Waals surface area contributed by atoms with Crippen molar-refractivity contribution in [2.75, 3.05) is 11.4 Å². The van der Waals surface area contributed by atoms with Gasteiger partial charge in [-0.05, 0) is 12.1 Å². The molecule has 4 rings (SSSR count). The Morgan fingerprint density at radius 3 is 2.80 bits per heavy atom. The third-order valence-corrected chi connectivity index (χ3v) is 4.45. The minimum atomic E-state index is -0.963. The van der Waals surface area contributed by atoms with Crippen molar-refractivity contribution in [2.24, 2.45) is 11.8 Å². The van der Waals surface area contributed by atoms with Crippen molar-refractivity contribution in [1.82, 2.24) is 0 Å². The van der Waals surface area contributed by atoms with Crippen molar-refractivity contribution in [2.45, 2.75) is 11.7 Å². The number of benzene rings is 1. The van der Waals surface area contributed by atoms with E-state index >= 15 is 0 Å². The molecular formula is C15H13NO4. The predicted octanol–water partition coefficient (Wildman–Crippen LogP) is 1.06. The summed E-state index contributed by atoms with van der Waals surface area (Å²) in [6.07, 6.45) is 3.17. The lowest BCUT2D eigenvalue weighted by atomic mass is 9.77. The van der Waals surface area contributed by atoms with Gasteiger partial charge in [-0.2, -0.15) is 0 Å². The number of rotatable bonds is 2. The minimum Gasteiger partial charge on any atom is -0.481 e. The zero-order valence-corrected chi connectivity index (χ0v) is 10.6. The van der Waals surface area contributed by atoms with E-state index in [1.807, 2.05) is 36.4 Å². The molecule has 1 N–H and O–H groups in total. The lowest BCUT2D eigenvalue weighted by Gasteiger charge is -2.21. The summed E-state index contributed by atoms with van der Waals surface area (Å²) < 4.78 is 5.83. The standard InChI is InChI=1S/C15H13NO4/c17-13-12-11(14(18)19)10-6-7-15(12,20-10)8-16(13)9-4-2-1-3-5-9/h1-7,10-12H,8H2,(H,18,19)/t10-,11-,12-,15+/m1/s1. The van der Waals surface area contributed by atoms with Gasteiger partial charge in [0.25, 0.3) is 0 Å². The zero-order valence-electron chi connectivity index (χ0n) is 10.6. The number of carboxylic acid groups (broad SMARTS) is 1. The van der Waals surface area contributed by atoms with E-state index < -0.39 is 29.5 Å². The molecule has 2 bridgehead atoms. The number of aliphatic carboxylic acids is 1. The van der Waals surface area contributed by atoms with Gasteiger partial charge in [0.15, 0.2) is 0 Å². The Morgan fingerprint density at radius 1 is 1.35 bits per heavy atom. The largest absolute Gasteiger partial charge is 0.481 e. The molecule has 2 saturated heterocycles. The van der Waals surface area contributed by atoms with Gasteiger partial charge in [0.2, 0.25) is 5.91 Å². The Labute approximate surface area is 115 Å². The van der Waals surface area contributed by atoms with Gasteiger partial charge >= 0.3 is 5.97 Å². The first kappa shape index (κ1) is 11.7. The Hall–Kier alpha value is -2.14. The molecule has 1 spiro atoms. The Balaban J connectivity index is 1.76. The van der Waals surface area contributed by atoms with Crippen molar-refractivity contribution >= 4 is 17.6 Å². The number of carboxylic acids is 1. The van der Waals surface area contributed by atoms with Gasteiger partial charge in [-0.3, -0.25) is 9.59 Å². The topological polar surface area (TPSA) is 66.8 Å². The predicted molar refractivity (Wildman–Crippen MR) is 70.2 cm³/mol. The molecule has 0 saturated carbocycles. The second kappa shape index (κ2) is 3.70. The molecule has 0 unspecified atom stereocenters. The number of hydrogen-bond donors (Lipinski definition) is 1. The molecule has 3 aliphatic heterocycles. The molecule has 5 heteroatoms. The van der Waals surface area contributed by atoms with E-state index in [2.05, 4.69) is 0 Å². The van der Waals surface area contributed by atoms with Gasteiger partial charge in [0, 0.05) is 5.69 Å². The van der Waals surface area contributed by atoms with Crippen LogP contribution in [0.5, 0.6) is 0 Å². The summed E-state index contributed by atoms with van der Waals surface area (Å²) in [5, 5.41) is 9.37. The highest BCUT2D eigenvalue weighted by molar-refractivity contribution is 6.02. The first-order chi connectivity index (χ1) is 9.62. The van der Waals surface area contributed by atoms with Crippen LogP contribution in [0.1, 0.15) is 0 Å². The molecule has 0 radical (unpaired) electrons. The van der Waals surface area contributed by atoms with Crippen LogP contribution in [-0.2, 0) is 14.3 Å². The normalized spacial score (nSPS) is 37.5. The number of anilines is 1. The quantitative estimate of drug-likeness (QED) is 0.817. The second-order valence-corrected chi connectivity index (χ2v) is 5.50. The van der Waals surface area contributed by atoms with Crippen molar-refractivity contribution < 1.29 is 19.4 Å². The van der Waals surface area contributed by atoms with Gasteiger partial charge in [-0.25, -0.2) is 0 Å². The van der Waals surface area contributed by atoms with Crippen LogP contribution in [0, 0.1) is 11.8 Å². The molecule has 1 amide bonds. The monoisotopic (exact) mass is 271 g/mol. The van der Waals surface area contributed by atoms with Crippen LogP contribution in [0.15, 0.2) is 42.5 Å². The van der Waals surface area contributed by atoms with E-state index in [0.29, 0.717) is 6.54 Å². The fraction of sp³-hybridized carbons (Fsp3) is 0.333. The molecule has 5 nitrogen and oxygen atoms in total. The maximum Gasteiger partial charge on any atom is 0.310 e. The lowest BCUT2D eigenvalue weighted by Crippen LogP contribution is -2.39. The number of amides is 1. The summed E-state index contributed by atoms with van der Waals surface area (Å²) >= 11 is 0. The molecule has 4 atom stereocenters. The Kier molecular flexibility index (Phi) is 2.16. The molecule has 2 fully saturated rings. The maximum absolute atomic E-state index is 12.6. The summed E-state index contributed by atoms with van der Waals surface area (Å²) in [6.45, 7) is 0.386. The smallest absolute Gasteiger partial charge is 0.310 e. The van der Waals surface area contributed by atoms with Crippen LogP contribution in [0.4, 0.5) is 5.69 Å². The Morgan fingerprint density at radius 2 is 2.10 bits per heavy atom. The second-order valence-electron chi connectivity index (χ2n) is 5.50. The van der Waals surface area contributed by atoms with Crippen LogP contribution in [0.25, 0.3) is 0 Å². The van der Waals surface area contributed by atoms with Crippen LogP contribution in [0.2, 0.25) is 0 Å².